The highest BCUT2D eigenvalue weighted by atomic mass is 32.2. The lowest BCUT2D eigenvalue weighted by atomic mass is 10.2. The number of para-hydroxylation sites is 1. The summed E-state index contributed by atoms with van der Waals surface area (Å²) < 4.78 is 12.2. The summed E-state index contributed by atoms with van der Waals surface area (Å²) in [4.78, 5) is 42.5. The Hall–Kier alpha value is -4.31. The number of aromatic nitrogens is 2. The Morgan fingerprint density at radius 3 is 2.22 bits per heavy atom. The van der Waals surface area contributed by atoms with Gasteiger partial charge in [-0.25, -0.2) is 4.98 Å². The van der Waals surface area contributed by atoms with E-state index in [-0.39, 0.29) is 17.4 Å². The molecule has 1 atom stereocenters. The molecule has 0 saturated heterocycles. The molecule has 9 nitrogen and oxygen atoms in total. The van der Waals surface area contributed by atoms with Crippen LogP contribution in [0, 0.1) is 0 Å². The van der Waals surface area contributed by atoms with Crippen LogP contribution in [0.1, 0.15) is 13.8 Å². The smallest absolute Gasteiger partial charge is 0.266 e. The highest BCUT2D eigenvalue weighted by Crippen LogP contribution is 2.31. The lowest BCUT2D eigenvalue weighted by Gasteiger charge is -2.17. The molecule has 0 spiro atoms. The van der Waals surface area contributed by atoms with Crippen molar-refractivity contribution in [1.29, 1.82) is 0 Å². The summed E-state index contributed by atoms with van der Waals surface area (Å²) in [6, 6.07) is 19.0. The largest absolute Gasteiger partial charge is 0.493 e. The number of hydrogen-bond acceptors (Lipinski definition) is 7. The lowest BCUT2D eigenvalue weighted by molar-refractivity contribution is -0.115. The third kappa shape index (κ3) is 5.75. The number of ether oxygens (including phenoxy) is 2. The standard InChI is InChI=1S/C27H26N4O5S/c1-16(25(33)29-19-11-9-18(10-12-19)28-17(2)32)37-27-30-22-8-6-5-7-21(22)26(34)31(27)20-13-14-23(35-3)24(15-20)36-4/h5-16H,1-4H3,(H,28,32)(H,29,33)/t16-/m0/s1. The molecule has 0 aliphatic carbocycles. The Morgan fingerprint density at radius 1 is 0.919 bits per heavy atom. The molecule has 0 saturated carbocycles. The Morgan fingerprint density at radius 2 is 1.57 bits per heavy atom. The van der Waals surface area contributed by atoms with Gasteiger partial charge in [0.25, 0.3) is 5.56 Å². The van der Waals surface area contributed by atoms with E-state index >= 15 is 0 Å². The number of hydrogen-bond donors (Lipinski definition) is 2. The number of fused-ring (bicyclic) bond motifs is 1. The fourth-order valence-electron chi connectivity index (χ4n) is 3.68. The van der Waals surface area contributed by atoms with Crippen LogP contribution in [-0.4, -0.2) is 40.8 Å². The van der Waals surface area contributed by atoms with E-state index in [9.17, 15) is 14.4 Å². The Bertz CT molecular complexity index is 1520. The minimum Gasteiger partial charge on any atom is -0.493 e. The second-order valence-corrected chi connectivity index (χ2v) is 9.41. The lowest BCUT2D eigenvalue weighted by Crippen LogP contribution is -2.26. The fraction of sp³-hybridized carbons (Fsp3) is 0.185. The van der Waals surface area contributed by atoms with Gasteiger partial charge in [0.2, 0.25) is 11.8 Å². The molecule has 2 N–H and O–H groups in total. The second kappa shape index (κ2) is 11.2. The number of rotatable bonds is 8. The van der Waals surface area contributed by atoms with Crippen LogP contribution in [0.5, 0.6) is 11.5 Å². The average Bonchev–Trinajstić information content (AvgIpc) is 2.89. The van der Waals surface area contributed by atoms with Gasteiger partial charge in [-0.05, 0) is 55.5 Å². The quantitative estimate of drug-likeness (QED) is 0.261. The zero-order valence-corrected chi connectivity index (χ0v) is 21.6. The van der Waals surface area contributed by atoms with Gasteiger partial charge in [-0.1, -0.05) is 23.9 Å². The molecular formula is C27H26N4O5S. The molecule has 0 radical (unpaired) electrons. The first-order chi connectivity index (χ1) is 17.8. The maximum Gasteiger partial charge on any atom is 0.266 e. The van der Waals surface area contributed by atoms with Gasteiger partial charge >= 0.3 is 0 Å². The predicted octanol–water partition coefficient (Wildman–Crippen LogP) is 4.48. The van der Waals surface area contributed by atoms with Crippen molar-refractivity contribution in [3.63, 3.8) is 0 Å². The van der Waals surface area contributed by atoms with E-state index in [1.165, 1.54) is 37.5 Å². The van der Waals surface area contributed by atoms with E-state index < -0.39 is 5.25 Å². The van der Waals surface area contributed by atoms with Gasteiger partial charge in [0.15, 0.2) is 16.7 Å². The summed E-state index contributed by atoms with van der Waals surface area (Å²) in [7, 11) is 3.06. The third-order valence-corrected chi connectivity index (χ3v) is 6.55. The number of anilines is 2. The summed E-state index contributed by atoms with van der Waals surface area (Å²) in [5, 5.41) is 5.78. The van der Waals surface area contributed by atoms with Crippen molar-refractivity contribution in [3.8, 4) is 17.2 Å². The van der Waals surface area contributed by atoms with Crippen molar-refractivity contribution < 1.29 is 19.1 Å². The zero-order valence-electron chi connectivity index (χ0n) is 20.8. The fourth-order valence-corrected chi connectivity index (χ4v) is 4.61. The summed E-state index contributed by atoms with van der Waals surface area (Å²) in [6.07, 6.45) is 0. The number of carbonyl (C=O) groups is 2. The van der Waals surface area contributed by atoms with E-state index in [0.29, 0.717) is 44.6 Å². The first kappa shape index (κ1) is 25.8. The van der Waals surface area contributed by atoms with Crippen LogP contribution in [-0.2, 0) is 9.59 Å². The minimum atomic E-state index is -0.588. The zero-order chi connectivity index (χ0) is 26.5. The molecule has 0 aliphatic heterocycles. The van der Waals surface area contributed by atoms with Gasteiger partial charge in [0, 0.05) is 24.4 Å². The molecule has 1 heterocycles. The van der Waals surface area contributed by atoms with Crippen molar-refractivity contribution in [3.05, 3.63) is 77.1 Å². The first-order valence-electron chi connectivity index (χ1n) is 11.4. The third-order valence-electron chi connectivity index (χ3n) is 5.49. The molecule has 2 amide bonds. The molecule has 37 heavy (non-hydrogen) atoms. The van der Waals surface area contributed by atoms with Crippen LogP contribution in [0.4, 0.5) is 11.4 Å². The minimum absolute atomic E-state index is 0.176. The number of nitrogens with one attached hydrogen (secondary N) is 2. The normalized spacial score (nSPS) is 11.6. The first-order valence-corrected chi connectivity index (χ1v) is 12.3. The van der Waals surface area contributed by atoms with Gasteiger partial charge in [0.05, 0.1) is 36.1 Å². The summed E-state index contributed by atoms with van der Waals surface area (Å²) >= 11 is 1.17. The maximum absolute atomic E-state index is 13.6. The van der Waals surface area contributed by atoms with Crippen molar-refractivity contribution in [2.24, 2.45) is 0 Å². The van der Waals surface area contributed by atoms with E-state index in [2.05, 4.69) is 10.6 Å². The molecule has 0 fully saturated rings. The van der Waals surface area contributed by atoms with Gasteiger partial charge in [0.1, 0.15) is 0 Å². The number of methoxy groups -OCH3 is 2. The second-order valence-electron chi connectivity index (χ2n) is 8.10. The highest BCUT2D eigenvalue weighted by Gasteiger charge is 2.21. The number of carbonyl (C=O) groups excluding carboxylic acids is 2. The van der Waals surface area contributed by atoms with E-state index in [1.54, 1.807) is 67.6 Å². The topological polar surface area (TPSA) is 112 Å². The molecule has 0 unspecified atom stereocenters. The maximum atomic E-state index is 13.6. The Kier molecular flexibility index (Phi) is 7.78. The number of thioether (sulfide) groups is 1. The Labute approximate surface area is 217 Å². The Balaban J connectivity index is 1.67. The van der Waals surface area contributed by atoms with Crippen LogP contribution in [0.2, 0.25) is 0 Å². The van der Waals surface area contributed by atoms with Crippen LogP contribution >= 0.6 is 11.8 Å². The molecule has 0 aliphatic rings. The molecule has 10 heteroatoms. The van der Waals surface area contributed by atoms with Crippen molar-refractivity contribution in [2.45, 2.75) is 24.3 Å². The summed E-state index contributed by atoms with van der Waals surface area (Å²) in [5.41, 5.74) is 2.02. The van der Waals surface area contributed by atoms with E-state index in [1.807, 2.05) is 6.07 Å². The molecule has 4 aromatic rings. The molecule has 190 valence electrons. The van der Waals surface area contributed by atoms with E-state index in [4.69, 9.17) is 14.5 Å². The molecule has 1 aromatic heterocycles. The number of benzene rings is 3. The molecule has 0 bridgehead atoms. The number of nitrogens with zero attached hydrogens (tertiary/aromatic N) is 2. The highest BCUT2D eigenvalue weighted by molar-refractivity contribution is 8.00. The average molecular weight is 519 g/mol. The van der Waals surface area contributed by atoms with Gasteiger partial charge in [-0.2, -0.15) is 0 Å². The summed E-state index contributed by atoms with van der Waals surface area (Å²) in [5.74, 6) is 0.549. The van der Waals surface area contributed by atoms with Crippen molar-refractivity contribution in [2.75, 3.05) is 24.9 Å². The van der Waals surface area contributed by atoms with Crippen LogP contribution in [0.15, 0.2) is 76.7 Å². The van der Waals surface area contributed by atoms with Crippen LogP contribution in [0.3, 0.4) is 0 Å². The molecular weight excluding hydrogens is 492 g/mol. The molecule has 4 rings (SSSR count). The number of amides is 2. The predicted molar refractivity (Wildman–Crippen MR) is 145 cm³/mol. The van der Waals surface area contributed by atoms with Gasteiger partial charge in [-0.3, -0.25) is 19.0 Å². The summed E-state index contributed by atoms with van der Waals surface area (Å²) in [6.45, 7) is 3.17. The van der Waals surface area contributed by atoms with E-state index in [0.717, 1.165) is 0 Å². The van der Waals surface area contributed by atoms with Gasteiger partial charge < -0.3 is 20.1 Å². The molecule has 3 aromatic carbocycles. The van der Waals surface area contributed by atoms with Crippen LogP contribution < -0.4 is 25.7 Å². The van der Waals surface area contributed by atoms with Crippen molar-refractivity contribution >= 4 is 45.9 Å². The van der Waals surface area contributed by atoms with Gasteiger partial charge in [-0.15, -0.1) is 0 Å². The monoisotopic (exact) mass is 518 g/mol. The van der Waals surface area contributed by atoms with Crippen molar-refractivity contribution in [1.82, 2.24) is 9.55 Å². The van der Waals surface area contributed by atoms with Crippen LogP contribution in [0.25, 0.3) is 16.6 Å². The SMILES string of the molecule is COc1ccc(-n2c(S[C@@H](C)C(=O)Nc3ccc(NC(C)=O)cc3)nc3ccccc3c2=O)cc1OC.